The van der Waals surface area contributed by atoms with Crippen molar-refractivity contribution in [3.05, 3.63) is 77.5 Å². The Morgan fingerprint density at radius 3 is 2.52 bits per heavy atom. The monoisotopic (exact) mass is 464 g/mol. The van der Waals surface area contributed by atoms with Gasteiger partial charge in [0.1, 0.15) is 5.69 Å². The van der Waals surface area contributed by atoms with Crippen molar-refractivity contribution >= 4 is 21.9 Å². The Morgan fingerprint density at radius 2 is 1.79 bits per heavy atom. The summed E-state index contributed by atoms with van der Waals surface area (Å²) in [6.07, 6.45) is 2.40. The normalized spacial score (nSPS) is 14.1. The van der Waals surface area contributed by atoms with E-state index in [9.17, 15) is 13.2 Å². The molecule has 0 fully saturated rings. The van der Waals surface area contributed by atoms with Gasteiger partial charge in [0.25, 0.3) is 11.8 Å². The first kappa shape index (κ1) is 21.0. The second kappa shape index (κ2) is 8.26. The molecule has 0 atom stereocenters. The Labute approximate surface area is 189 Å². The molecule has 10 nitrogen and oxygen atoms in total. The van der Waals surface area contributed by atoms with Gasteiger partial charge in [-0.2, -0.15) is 9.40 Å². The molecule has 0 saturated carbocycles. The van der Waals surface area contributed by atoms with Crippen molar-refractivity contribution in [2.75, 3.05) is 11.9 Å². The zero-order valence-electron chi connectivity index (χ0n) is 17.7. The van der Waals surface area contributed by atoms with E-state index in [4.69, 9.17) is 4.42 Å². The number of hydrogen-bond donors (Lipinski definition) is 1. The number of benzene rings is 2. The van der Waals surface area contributed by atoms with Gasteiger partial charge >= 0.3 is 6.01 Å². The minimum atomic E-state index is -3.68. The number of nitrogens with one attached hydrogen (secondary N) is 1. The Bertz CT molecular complexity index is 1430. The van der Waals surface area contributed by atoms with Gasteiger partial charge in [0.15, 0.2) is 0 Å². The lowest BCUT2D eigenvalue weighted by Gasteiger charge is -2.28. The highest BCUT2D eigenvalue weighted by Crippen LogP contribution is 2.25. The molecule has 168 valence electrons. The smallest absolute Gasteiger partial charge is 0.322 e. The van der Waals surface area contributed by atoms with E-state index in [2.05, 4.69) is 20.6 Å². The number of aryl methyl sites for hydroxylation is 1. The predicted octanol–water partition coefficient (Wildman–Crippen LogP) is 2.47. The number of fused-ring (bicyclic) bond motifs is 1. The number of carbonyl (C=O) groups excluding carboxylic acids is 1. The maximum Gasteiger partial charge on any atom is 0.322 e. The molecule has 1 amide bonds. The molecule has 0 saturated heterocycles. The van der Waals surface area contributed by atoms with Crippen LogP contribution < -0.4 is 5.32 Å². The first-order chi connectivity index (χ1) is 15.9. The molecule has 1 aliphatic heterocycles. The van der Waals surface area contributed by atoms with Crippen LogP contribution in [0, 0.1) is 0 Å². The quantitative estimate of drug-likeness (QED) is 0.481. The molecule has 2 aromatic heterocycles. The fraction of sp³-hybridized carbons (Fsp3) is 0.182. The Kier molecular flexibility index (Phi) is 5.27. The second-order valence-corrected chi connectivity index (χ2v) is 9.56. The number of aromatic nitrogens is 4. The SMILES string of the molecule is Cn1ccc(-c2nnc(NC(=O)c3ccc(S(=O)(=O)N4CCc5ccccc5C4)cc3)o2)n1. The number of anilines is 1. The topological polar surface area (TPSA) is 123 Å². The lowest BCUT2D eigenvalue weighted by atomic mass is 10.0. The molecule has 11 heteroatoms. The molecule has 3 heterocycles. The predicted molar refractivity (Wildman–Crippen MR) is 119 cm³/mol. The van der Waals surface area contributed by atoms with E-state index < -0.39 is 15.9 Å². The fourth-order valence-corrected chi connectivity index (χ4v) is 5.10. The van der Waals surface area contributed by atoms with Crippen LogP contribution in [-0.2, 0) is 30.0 Å². The third kappa shape index (κ3) is 4.15. The summed E-state index contributed by atoms with van der Waals surface area (Å²) in [7, 11) is -1.92. The Balaban J connectivity index is 1.28. The van der Waals surface area contributed by atoms with Crippen molar-refractivity contribution in [1.29, 1.82) is 0 Å². The minimum Gasteiger partial charge on any atom is -0.401 e. The van der Waals surface area contributed by atoms with Gasteiger partial charge in [0.05, 0.1) is 4.90 Å². The molecule has 5 rings (SSSR count). The van der Waals surface area contributed by atoms with E-state index >= 15 is 0 Å². The largest absolute Gasteiger partial charge is 0.401 e. The van der Waals surface area contributed by atoms with Crippen molar-refractivity contribution in [1.82, 2.24) is 24.3 Å². The number of sulfonamides is 1. The van der Waals surface area contributed by atoms with Crippen molar-refractivity contribution in [3.63, 3.8) is 0 Å². The van der Waals surface area contributed by atoms with Crippen LogP contribution in [0.4, 0.5) is 6.01 Å². The van der Waals surface area contributed by atoms with Gasteiger partial charge in [0.2, 0.25) is 10.0 Å². The molecular formula is C22H20N6O4S. The van der Waals surface area contributed by atoms with Crippen molar-refractivity contribution in [3.8, 4) is 11.6 Å². The number of hydrogen-bond acceptors (Lipinski definition) is 7. The molecule has 0 aliphatic carbocycles. The summed E-state index contributed by atoms with van der Waals surface area (Å²) in [4.78, 5) is 12.7. The van der Waals surface area contributed by atoms with Gasteiger partial charge in [0, 0.05) is 31.9 Å². The van der Waals surface area contributed by atoms with Crippen LogP contribution in [0.25, 0.3) is 11.6 Å². The van der Waals surface area contributed by atoms with Crippen LogP contribution >= 0.6 is 0 Å². The number of carbonyl (C=O) groups is 1. The molecule has 0 bridgehead atoms. The lowest BCUT2D eigenvalue weighted by molar-refractivity contribution is 0.102. The molecule has 1 aliphatic rings. The third-order valence-electron chi connectivity index (χ3n) is 5.43. The third-order valence-corrected chi connectivity index (χ3v) is 7.29. The zero-order valence-corrected chi connectivity index (χ0v) is 18.5. The summed E-state index contributed by atoms with van der Waals surface area (Å²) in [5.74, 6) is -0.322. The Morgan fingerprint density at radius 1 is 1.03 bits per heavy atom. The van der Waals surface area contributed by atoms with Gasteiger partial charge in [-0.3, -0.25) is 14.8 Å². The van der Waals surface area contributed by atoms with E-state index in [0.717, 1.165) is 5.56 Å². The van der Waals surface area contributed by atoms with Crippen LogP contribution in [-0.4, -0.2) is 45.2 Å². The molecule has 0 radical (unpaired) electrons. The number of amides is 1. The summed E-state index contributed by atoms with van der Waals surface area (Å²) >= 11 is 0. The Hall–Kier alpha value is -3.83. The lowest BCUT2D eigenvalue weighted by Crippen LogP contribution is -2.35. The molecule has 0 unspecified atom stereocenters. The fourth-order valence-electron chi connectivity index (χ4n) is 3.68. The van der Waals surface area contributed by atoms with Gasteiger partial charge < -0.3 is 4.42 Å². The second-order valence-electron chi connectivity index (χ2n) is 7.62. The van der Waals surface area contributed by atoms with E-state index in [1.807, 2.05) is 24.3 Å². The number of nitrogens with zero attached hydrogens (tertiary/aromatic N) is 5. The maximum absolute atomic E-state index is 13.1. The maximum atomic E-state index is 13.1. The first-order valence-corrected chi connectivity index (χ1v) is 11.7. The van der Waals surface area contributed by atoms with Crippen molar-refractivity contribution in [2.45, 2.75) is 17.9 Å². The summed E-state index contributed by atoms with van der Waals surface area (Å²) in [5.41, 5.74) is 2.92. The molecular weight excluding hydrogens is 444 g/mol. The van der Waals surface area contributed by atoms with E-state index in [-0.39, 0.29) is 22.4 Å². The van der Waals surface area contributed by atoms with Crippen LogP contribution in [0.1, 0.15) is 21.5 Å². The summed E-state index contributed by atoms with van der Waals surface area (Å²) in [6.45, 7) is 0.744. The first-order valence-electron chi connectivity index (χ1n) is 10.2. The average molecular weight is 465 g/mol. The van der Waals surface area contributed by atoms with Crippen molar-refractivity contribution in [2.24, 2.45) is 7.05 Å². The highest BCUT2D eigenvalue weighted by Gasteiger charge is 2.28. The highest BCUT2D eigenvalue weighted by atomic mass is 32.2. The van der Waals surface area contributed by atoms with Gasteiger partial charge in [-0.1, -0.05) is 29.4 Å². The standard InChI is InChI=1S/C22H20N6O4S/c1-27-12-11-19(26-27)21-24-25-22(32-21)23-20(29)16-6-8-18(9-7-16)33(30,31)28-13-10-15-4-2-3-5-17(15)14-28/h2-9,11-12H,10,13-14H2,1H3,(H,23,25,29). The highest BCUT2D eigenvalue weighted by molar-refractivity contribution is 7.89. The molecule has 4 aromatic rings. The van der Waals surface area contributed by atoms with E-state index in [1.165, 1.54) is 34.1 Å². The van der Waals surface area contributed by atoms with Crippen LogP contribution in [0.3, 0.4) is 0 Å². The molecule has 2 aromatic carbocycles. The van der Waals surface area contributed by atoms with Gasteiger partial charge in [-0.15, -0.1) is 5.10 Å². The van der Waals surface area contributed by atoms with Crippen molar-refractivity contribution < 1.29 is 17.6 Å². The van der Waals surface area contributed by atoms with Gasteiger partial charge in [-0.25, -0.2) is 8.42 Å². The average Bonchev–Trinajstić information content (AvgIpc) is 3.47. The zero-order chi connectivity index (χ0) is 23.0. The molecule has 33 heavy (non-hydrogen) atoms. The van der Waals surface area contributed by atoms with E-state index in [0.29, 0.717) is 25.2 Å². The minimum absolute atomic E-state index is 0.0793. The van der Waals surface area contributed by atoms with Crippen LogP contribution in [0.2, 0.25) is 0 Å². The van der Waals surface area contributed by atoms with E-state index in [1.54, 1.807) is 24.0 Å². The molecule has 1 N–H and O–H groups in total. The van der Waals surface area contributed by atoms with Gasteiger partial charge in [-0.05, 0) is 47.9 Å². The van der Waals surface area contributed by atoms with Crippen LogP contribution in [0.15, 0.2) is 70.1 Å². The summed E-state index contributed by atoms with van der Waals surface area (Å²) in [5, 5.41) is 14.3. The summed E-state index contributed by atoms with van der Waals surface area (Å²) < 4.78 is 34.7. The van der Waals surface area contributed by atoms with Crippen LogP contribution in [0.5, 0.6) is 0 Å². The number of rotatable bonds is 5. The summed E-state index contributed by atoms with van der Waals surface area (Å²) in [6, 6.07) is 15.2. The molecule has 0 spiro atoms.